The molecule has 19 heavy (non-hydrogen) atoms. The fourth-order valence-corrected chi connectivity index (χ4v) is 2.33. The van der Waals surface area contributed by atoms with Crippen molar-refractivity contribution in [3.63, 3.8) is 0 Å². The predicted octanol–water partition coefficient (Wildman–Crippen LogP) is -0.147. The van der Waals surface area contributed by atoms with Gasteiger partial charge in [0.15, 0.2) is 5.00 Å². The van der Waals surface area contributed by atoms with E-state index >= 15 is 0 Å². The van der Waals surface area contributed by atoms with Crippen molar-refractivity contribution in [2.45, 2.75) is 6.61 Å². The molecule has 3 rings (SSSR count). The van der Waals surface area contributed by atoms with Gasteiger partial charge in [0.05, 0.1) is 1.37 Å². The molecule has 0 saturated heterocycles. The number of hydrogen-bond donors (Lipinski definition) is 0. The van der Waals surface area contributed by atoms with E-state index in [1.165, 1.54) is 18.4 Å². The van der Waals surface area contributed by atoms with Gasteiger partial charge in [-0.15, -0.1) is 9.78 Å². The summed E-state index contributed by atoms with van der Waals surface area (Å²) in [5.41, 5.74) is 0.0688. The summed E-state index contributed by atoms with van der Waals surface area (Å²) in [7, 11) is 1.50. The summed E-state index contributed by atoms with van der Waals surface area (Å²) in [5.74, 6) is 0. The number of tetrazole rings is 1. The Bertz CT molecular complexity index is 791. The first-order chi connectivity index (χ1) is 9.65. The molecule has 0 amide bonds. The van der Waals surface area contributed by atoms with Crippen LogP contribution >= 0.6 is 22.9 Å². The standard InChI is InChI=1S/C8H7N7O2S2/c1-14-8(16)15(12-11-14)6-5(10-13-19-6)4-17-7-9-2-3-18-7/h2-3H,4H2,1H3/i2T. The van der Waals surface area contributed by atoms with Gasteiger partial charge >= 0.3 is 5.69 Å². The average molecular weight is 299 g/mol. The number of rotatable bonds is 4. The number of nitrogens with zero attached hydrogens (tertiary/aromatic N) is 7. The number of aromatic nitrogens is 7. The normalized spacial score (nSPS) is 11.5. The van der Waals surface area contributed by atoms with Gasteiger partial charge in [-0.05, 0) is 10.4 Å². The minimum Gasteiger partial charge on any atom is -0.463 e. The van der Waals surface area contributed by atoms with Gasteiger partial charge in [0.25, 0.3) is 5.19 Å². The molecule has 98 valence electrons. The summed E-state index contributed by atoms with van der Waals surface area (Å²) in [5, 5.41) is 13.6. The van der Waals surface area contributed by atoms with E-state index in [9.17, 15) is 4.79 Å². The smallest absolute Gasteiger partial charge is 0.369 e. The number of hydrogen-bond acceptors (Lipinski definition) is 9. The Morgan fingerprint density at radius 2 is 2.42 bits per heavy atom. The second-order valence-electron chi connectivity index (χ2n) is 3.35. The first-order valence-corrected chi connectivity index (χ1v) is 6.66. The predicted molar refractivity (Wildman–Crippen MR) is 66.5 cm³/mol. The highest BCUT2D eigenvalue weighted by atomic mass is 32.1. The van der Waals surface area contributed by atoms with Crippen LogP contribution in [0.15, 0.2) is 16.3 Å². The largest absolute Gasteiger partial charge is 0.463 e. The van der Waals surface area contributed by atoms with E-state index in [1.54, 1.807) is 5.38 Å². The summed E-state index contributed by atoms with van der Waals surface area (Å²) in [6, 6.07) is 0. The Labute approximate surface area is 115 Å². The molecule has 3 aromatic heterocycles. The Hall–Kier alpha value is -2.14. The molecule has 11 heteroatoms. The third-order valence-corrected chi connectivity index (χ3v) is 3.53. The number of aryl methyl sites for hydroxylation is 1. The molecule has 0 spiro atoms. The fraction of sp³-hybridized carbons (Fsp3) is 0.250. The van der Waals surface area contributed by atoms with E-state index in [0.29, 0.717) is 15.9 Å². The highest BCUT2D eigenvalue weighted by Crippen LogP contribution is 2.18. The maximum atomic E-state index is 11.8. The molecule has 9 nitrogen and oxygen atoms in total. The van der Waals surface area contributed by atoms with Crippen molar-refractivity contribution in [2.24, 2.45) is 7.05 Å². The van der Waals surface area contributed by atoms with E-state index in [0.717, 1.165) is 20.9 Å². The van der Waals surface area contributed by atoms with Gasteiger partial charge in [0, 0.05) is 30.1 Å². The molecule has 0 aliphatic rings. The van der Waals surface area contributed by atoms with Crippen molar-refractivity contribution in [3.8, 4) is 10.2 Å². The van der Waals surface area contributed by atoms with Gasteiger partial charge < -0.3 is 4.74 Å². The summed E-state index contributed by atoms with van der Waals surface area (Å²) < 4.78 is 18.7. The highest BCUT2D eigenvalue weighted by molar-refractivity contribution is 7.11. The molecule has 3 heterocycles. The molecule has 0 unspecified atom stereocenters. The molecular weight excluding hydrogens is 290 g/mol. The zero-order chi connectivity index (χ0) is 14.1. The van der Waals surface area contributed by atoms with E-state index < -0.39 is 0 Å². The lowest BCUT2D eigenvalue weighted by Crippen LogP contribution is -2.22. The van der Waals surface area contributed by atoms with Gasteiger partial charge in [-0.1, -0.05) is 15.8 Å². The second-order valence-corrected chi connectivity index (χ2v) is 4.91. The molecule has 0 aliphatic carbocycles. The SMILES string of the molecule is [3H]c1csc(OCc2nnsc2-n2nnn(C)c2=O)n1. The number of ether oxygens (including phenoxy) is 1. The fourth-order valence-electron chi connectivity index (χ4n) is 1.27. The van der Waals surface area contributed by atoms with Crippen LogP contribution in [-0.4, -0.2) is 34.4 Å². The van der Waals surface area contributed by atoms with E-state index in [2.05, 4.69) is 25.0 Å². The Morgan fingerprint density at radius 1 is 1.53 bits per heavy atom. The molecule has 3 aromatic rings. The molecular formula is C8H7N7O2S2. The van der Waals surface area contributed by atoms with Gasteiger partial charge in [0.1, 0.15) is 12.3 Å². The first kappa shape index (κ1) is 10.8. The monoisotopic (exact) mass is 299 g/mol. The molecule has 0 bridgehead atoms. The third kappa shape index (κ3) is 2.24. The molecule has 0 saturated carbocycles. The summed E-state index contributed by atoms with van der Waals surface area (Å²) >= 11 is 2.24. The molecule has 0 N–H and O–H groups in total. The van der Waals surface area contributed by atoms with E-state index in [-0.39, 0.29) is 18.5 Å². The zero-order valence-corrected chi connectivity index (χ0v) is 11.2. The van der Waals surface area contributed by atoms with Crippen LogP contribution in [0.4, 0.5) is 0 Å². The topological polar surface area (TPSA) is 101 Å². The lowest BCUT2D eigenvalue weighted by atomic mass is 10.5. The minimum atomic E-state index is -0.389. The molecule has 0 aromatic carbocycles. The van der Waals surface area contributed by atoms with Crippen molar-refractivity contribution in [2.75, 3.05) is 0 Å². The van der Waals surface area contributed by atoms with Gasteiger partial charge in [-0.25, -0.2) is 9.78 Å². The van der Waals surface area contributed by atoms with Crippen molar-refractivity contribution in [3.05, 3.63) is 27.7 Å². The Morgan fingerprint density at radius 3 is 3.11 bits per heavy atom. The summed E-state index contributed by atoms with van der Waals surface area (Å²) in [6.45, 7) is 0.0851. The zero-order valence-electron chi connectivity index (χ0n) is 10.5. The second kappa shape index (κ2) is 4.85. The van der Waals surface area contributed by atoms with Gasteiger partial charge in [0.2, 0.25) is 0 Å². The molecule has 0 radical (unpaired) electrons. The molecule has 0 fully saturated rings. The van der Waals surface area contributed by atoms with Crippen LogP contribution in [0.5, 0.6) is 5.19 Å². The van der Waals surface area contributed by atoms with Crippen LogP contribution in [-0.2, 0) is 13.7 Å². The maximum absolute atomic E-state index is 11.8. The Balaban J connectivity index is 1.83. The van der Waals surface area contributed by atoms with Crippen LogP contribution < -0.4 is 10.4 Å². The van der Waals surface area contributed by atoms with Crippen LogP contribution in [0.2, 0.25) is 0 Å². The lowest BCUT2D eigenvalue weighted by molar-refractivity contribution is 0.299. The average Bonchev–Trinajstić information content (AvgIpc) is 3.11. The van der Waals surface area contributed by atoms with Crippen molar-refractivity contribution < 1.29 is 6.11 Å². The maximum Gasteiger partial charge on any atom is 0.369 e. The third-order valence-electron chi connectivity index (χ3n) is 2.15. The molecule has 0 atom stereocenters. The van der Waals surface area contributed by atoms with Crippen LogP contribution in [0.1, 0.15) is 7.06 Å². The van der Waals surface area contributed by atoms with Crippen molar-refractivity contribution in [1.29, 1.82) is 0 Å². The van der Waals surface area contributed by atoms with Crippen molar-refractivity contribution >= 4 is 22.9 Å². The van der Waals surface area contributed by atoms with Crippen LogP contribution in [0, 0.1) is 0 Å². The van der Waals surface area contributed by atoms with Crippen LogP contribution in [0.25, 0.3) is 5.00 Å². The van der Waals surface area contributed by atoms with Gasteiger partial charge in [-0.2, -0.15) is 4.68 Å². The summed E-state index contributed by atoms with van der Waals surface area (Å²) in [6.07, 6.45) is 0.145. The van der Waals surface area contributed by atoms with E-state index in [1.807, 2.05) is 0 Å². The highest BCUT2D eigenvalue weighted by Gasteiger charge is 2.16. The minimum absolute atomic E-state index is 0.0851. The van der Waals surface area contributed by atoms with E-state index in [4.69, 9.17) is 6.11 Å². The quantitative estimate of drug-likeness (QED) is 0.660. The lowest BCUT2D eigenvalue weighted by Gasteiger charge is -2.00. The number of thiazole rings is 1. The molecule has 0 aliphatic heterocycles. The summed E-state index contributed by atoms with van der Waals surface area (Å²) in [4.78, 5) is 15.6. The van der Waals surface area contributed by atoms with Crippen molar-refractivity contribution in [1.82, 2.24) is 34.4 Å². The first-order valence-electron chi connectivity index (χ1n) is 5.50. The van der Waals surface area contributed by atoms with Crippen LogP contribution in [0.3, 0.4) is 0 Å². The van der Waals surface area contributed by atoms with Gasteiger partial charge in [-0.3, -0.25) is 0 Å². The Kier molecular flexibility index (Phi) is 2.75.